The van der Waals surface area contributed by atoms with E-state index in [0.29, 0.717) is 17.6 Å². The lowest BCUT2D eigenvalue weighted by Crippen LogP contribution is -2.36. The van der Waals surface area contributed by atoms with Crippen LogP contribution in [-0.2, 0) is 11.3 Å². The number of nitrogen functional groups attached to an aromatic ring is 1. The summed E-state index contributed by atoms with van der Waals surface area (Å²) in [6.07, 6.45) is 3.97. The summed E-state index contributed by atoms with van der Waals surface area (Å²) < 4.78 is 0. The van der Waals surface area contributed by atoms with Crippen LogP contribution < -0.4 is 5.73 Å². The van der Waals surface area contributed by atoms with E-state index in [4.69, 9.17) is 15.6 Å². The molecule has 134 valence electrons. The predicted molar refractivity (Wildman–Crippen MR) is 95.7 cm³/mol. The highest BCUT2D eigenvalue weighted by atomic mass is 16.3. The number of aliphatic hydroxyl groups is 1. The first kappa shape index (κ1) is 18.8. The van der Waals surface area contributed by atoms with Gasteiger partial charge in [-0.05, 0) is 43.0 Å². The second-order valence-electron chi connectivity index (χ2n) is 6.04. The molecule has 1 aliphatic heterocycles. The second-order valence-corrected chi connectivity index (χ2v) is 6.04. The Labute approximate surface area is 147 Å². The molecule has 1 unspecified atom stereocenters. The first-order valence-corrected chi connectivity index (χ1v) is 8.25. The largest absolute Gasteiger partial charge is 0.483 e. The monoisotopic (exact) mass is 344 g/mol. The number of likely N-dealkylation sites (tertiary alicyclic amines) is 1. The third-order valence-corrected chi connectivity index (χ3v) is 4.13. The number of nitrogens with zero attached hydrogens (tertiary/aromatic N) is 3. The van der Waals surface area contributed by atoms with Gasteiger partial charge in [0.2, 0.25) is 0 Å². The van der Waals surface area contributed by atoms with Crippen LogP contribution in [-0.4, -0.2) is 51.2 Å². The SMILES string of the molecule is Nc1ccnc(-c2cccc(CN3CCCC(CO)C3)c2)n1.O=CO. The average Bonchev–Trinajstić information content (AvgIpc) is 2.63. The molecule has 3 rings (SSSR count). The van der Waals surface area contributed by atoms with Crippen molar-refractivity contribution in [2.24, 2.45) is 5.92 Å². The molecule has 0 radical (unpaired) electrons. The molecule has 7 heteroatoms. The van der Waals surface area contributed by atoms with Crippen molar-refractivity contribution >= 4 is 12.3 Å². The molecule has 0 saturated carbocycles. The molecule has 0 bridgehead atoms. The van der Waals surface area contributed by atoms with Gasteiger partial charge in [0.1, 0.15) is 5.82 Å². The van der Waals surface area contributed by atoms with Gasteiger partial charge in [-0.3, -0.25) is 9.69 Å². The maximum atomic E-state index is 9.34. The van der Waals surface area contributed by atoms with Gasteiger partial charge in [0, 0.05) is 31.5 Å². The molecule has 0 amide bonds. The molecule has 1 aliphatic rings. The minimum absolute atomic E-state index is 0.250. The molecular weight excluding hydrogens is 320 g/mol. The Balaban J connectivity index is 0.000000701. The lowest BCUT2D eigenvalue weighted by Gasteiger charge is -2.31. The van der Waals surface area contributed by atoms with Gasteiger partial charge >= 0.3 is 0 Å². The van der Waals surface area contributed by atoms with Crippen LogP contribution in [0.5, 0.6) is 0 Å². The number of benzene rings is 1. The lowest BCUT2D eigenvalue weighted by atomic mass is 9.98. The summed E-state index contributed by atoms with van der Waals surface area (Å²) in [7, 11) is 0. The third kappa shape index (κ3) is 5.81. The van der Waals surface area contributed by atoms with Gasteiger partial charge in [-0.2, -0.15) is 0 Å². The standard InChI is InChI=1S/C17H22N4O.CH2O2/c18-16-6-7-19-17(20-16)15-5-1-3-13(9-15)10-21-8-2-4-14(11-21)12-22;2-1-3/h1,3,5-7,9,14,22H,2,4,8,10-12H2,(H2,18,19,20);1H,(H,2,3). The zero-order valence-electron chi connectivity index (χ0n) is 14.1. The number of carboxylic acid groups (broad SMARTS) is 1. The average molecular weight is 344 g/mol. The summed E-state index contributed by atoms with van der Waals surface area (Å²) in [6.45, 7) is 2.99. The number of anilines is 1. The summed E-state index contributed by atoms with van der Waals surface area (Å²) in [6, 6.07) is 9.97. The van der Waals surface area contributed by atoms with Crippen LogP contribution in [0.2, 0.25) is 0 Å². The van der Waals surface area contributed by atoms with Gasteiger partial charge in [-0.1, -0.05) is 18.2 Å². The maximum Gasteiger partial charge on any atom is 0.290 e. The van der Waals surface area contributed by atoms with Crippen molar-refractivity contribution in [2.45, 2.75) is 19.4 Å². The molecule has 1 saturated heterocycles. The fraction of sp³-hybridized carbons (Fsp3) is 0.389. The Morgan fingerprint density at radius 2 is 2.16 bits per heavy atom. The smallest absolute Gasteiger partial charge is 0.290 e. The minimum Gasteiger partial charge on any atom is -0.483 e. The van der Waals surface area contributed by atoms with Crippen LogP contribution in [0.4, 0.5) is 5.82 Å². The summed E-state index contributed by atoms with van der Waals surface area (Å²) in [5.74, 6) is 1.56. The van der Waals surface area contributed by atoms with Crippen molar-refractivity contribution in [3.8, 4) is 11.4 Å². The van der Waals surface area contributed by atoms with Gasteiger partial charge in [0.05, 0.1) is 0 Å². The number of carbonyl (C=O) groups is 1. The second kappa shape index (κ2) is 9.71. The van der Waals surface area contributed by atoms with Crippen LogP contribution in [0, 0.1) is 5.92 Å². The van der Waals surface area contributed by atoms with E-state index >= 15 is 0 Å². The van der Waals surface area contributed by atoms with Crippen molar-refractivity contribution in [2.75, 3.05) is 25.4 Å². The van der Waals surface area contributed by atoms with Crippen LogP contribution >= 0.6 is 0 Å². The highest BCUT2D eigenvalue weighted by Gasteiger charge is 2.19. The van der Waals surface area contributed by atoms with Gasteiger partial charge in [0.25, 0.3) is 6.47 Å². The van der Waals surface area contributed by atoms with Gasteiger partial charge in [0.15, 0.2) is 5.82 Å². The number of aliphatic hydroxyl groups excluding tert-OH is 1. The number of nitrogens with two attached hydrogens (primary N) is 1. The van der Waals surface area contributed by atoms with E-state index in [9.17, 15) is 5.11 Å². The molecule has 1 fully saturated rings. The van der Waals surface area contributed by atoms with E-state index in [1.54, 1.807) is 12.3 Å². The molecule has 0 spiro atoms. The van der Waals surface area contributed by atoms with Crippen LogP contribution in [0.1, 0.15) is 18.4 Å². The molecule has 1 aromatic carbocycles. The topological polar surface area (TPSA) is 113 Å². The molecule has 0 aliphatic carbocycles. The Kier molecular flexibility index (Phi) is 7.31. The quantitative estimate of drug-likeness (QED) is 0.723. The van der Waals surface area contributed by atoms with E-state index in [-0.39, 0.29) is 13.1 Å². The van der Waals surface area contributed by atoms with E-state index < -0.39 is 0 Å². The first-order valence-electron chi connectivity index (χ1n) is 8.25. The van der Waals surface area contributed by atoms with Gasteiger partial charge in [-0.15, -0.1) is 0 Å². The van der Waals surface area contributed by atoms with Crippen molar-refractivity contribution < 1.29 is 15.0 Å². The van der Waals surface area contributed by atoms with Crippen LogP contribution in [0.25, 0.3) is 11.4 Å². The Bertz CT molecular complexity index is 681. The van der Waals surface area contributed by atoms with Crippen molar-refractivity contribution in [3.63, 3.8) is 0 Å². The zero-order chi connectivity index (χ0) is 18.1. The molecule has 4 N–H and O–H groups in total. The molecule has 1 atom stereocenters. The molecule has 25 heavy (non-hydrogen) atoms. The van der Waals surface area contributed by atoms with E-state index in [0.717, 1.165) is 38.0 Å². The maximum absolute atomic E-state index is 9.34. The Hall–Kier alpha value is -2.51. The Morgan fingerprint density at radius 3 is 2.88 bits per heavy atom. The Morgan fingerprint density at radius 1 is 1.36 bits per heavy atom. The van der Waals surface area contributed by atoms with Crippen LogP contribution in [0.15, 0.2) is 36.5 Å². The third-order valence-electron chi connectivity index (χ3n) is 4.13. The normalized spacial score (nSPS) is 17.4. The molecule has 1 aromatic heterocycles. The highest BCUT2D eigenvalue weighted by Crippen LogP contribution is 2.21. The zero-order valence-corrected chi connectivity index (χ0v) is 14.1. The number of rotatable bonds is 4. The van der Waals surface area contributed by atoms with Crippen molar-refractivity contribution in [1.82, 2.24) is 14.9 Å². The number of hydrogen-bond acceptors (Lipinski definition) is 6. The van der Waals surface area contributed by atoms with E-state index in [1.807, 2.05) is 12.1 Å². The molecule has 2 heterocycles. The first-order chi connectivity index (χ1) is 12.2. The fourth-order valence-corrected chi connectivity index (χ4v) is 3.02. The summed E-state index contributed by atoms with van der Waals surface area (Å²) in [4.78, 5) is 19.3. The van der Waals surface area contributed by atoms with Gasteiger partial charge in [-0.25, -0.2) is 9.97 Å². The molecule has 2 aromatic rings. The predicted octanol–water partition coefficient (Wildman–Crippen LogP) is 1.63. The van der Waals surface area contributed by atoms with E-state index in [2.05, 4.69) is 27.0 Å². The molecule has 7 nitrogen and oxygen atoms in total. The number of piperidine rings is 1. The van der Waals surface area contributed by atoms with Crippen molar-refractivity contribution in [3.05, 3.63) is 42.1 Å². The summed E-state index contributed by atoms with van der Waals surface area (Å²) >= 11 is 0. The number of aromatic nitrogens is 2. The minimum atomic E-state index is -0.250. The summed E-state index contributed by atoms with van der Waals surface area (Å²) in [5, 5.41) is 16.2. The lowest BCUT2D eigenvalue weighted by molar-refractivity contribution is -0.122. The summed E-state index contributed by atoms with van der Waals surface area (Å²) in [5.41, 5.74) is 7.96. The highest BCUT2D eigenvalue weighted by molar-refractivity contribution is 5.57. The van der Waals surface area contributed by atoms with Crippen molar-refractivity contribution in [1.29, 1.82) is 0 Å². The van der Waals surface area contributed by atoms with Gasteiger partial charge < -0.3 is 15.9 Å². The molecular formula is C18H24N4O3. The fourth-order valence-electron chi connectivity index (χ4n) is 3.02. The van der Waals surface area contributed by atoms with Crippen LogP contribution in [0.3, 0.4) is 0 Å². The van der Waals surface area contributed by atoms with E-state index in [1.165, 1.54) is 5.56 Å². The number of hydrogen-bond donors (Lipinski definition) is 3.